The minimum Gasteiger partial charge on any atom is -0.497 e. The Balaban J connectivity index is 2.32. The van der Waals surface area contributed by atoms with Crippen LogP contribution in [0.25, 0.3) is 6.08 Å². The first-order valence-electron chi connectivity index (χ1n) is 6.15. The minimum atomic E-state index is -1.11. The molecule has 2 rings (SSSR count). The van der Waals surface area contributed by atoms with Gasteiger partial charge in [0.1, 0.15) is 22.4 Å². The Morgan fingerprint density at radius 3 is 2.41 bits per heavy atom. The van der Waals surface area contributed by atoms with E-state index in [1.165, 1.54) is 14.2 Å². The van der Waals surface area contributed by atoms with Gasteiger partial charge >= 0.3 is 5.97 Å². The van der Waals surface area contributed by atoms with Gasteiger partial charge in [-0.05, 0) is 23.8 Å². The van der Waals surface area contributed by atoms with Crippen molar-refractivity contribution in [1.29, 1.82) is 0 Å². The molecule has 0 bridgehead atoms. The van der Waals surface area contributed by atoms with E-state index in [-0.39, 0.29) is 4.32 Å². The van der Waals surface area contributed by atoms with Gasteiger partial charge in [0.05, 0.1) is 19.1 Å². The summed E-state index contributed by atoms with van der Waals surface area (Å²) in [4.78, 5) is 24.4. The lowest BCUT2D eigenvalue weighted by molar-refractivity contribution is -0.140. The molecule has 0 saturated carbocycles. The molecule has 1 aliphatic rings. The Hall–Kier alpha value is -2.06. The van der Waals surface area contributed by atoms with Gasteiger partial charge < -0.3 is 14.6 Å². The fraction of sp³-hybridized carbons (Fsp3) is 0.214. The first kappa shape index (κ1) is 16.3. The van der Waals surface area contributed by atoms with Crippen molar-refractivity contribution < 1.29 is 24.2 Å². The van der Waals surface area contributed by atoms with Gasteiger partial charge in [0.25, 0.3) is 5.91 Å². The number of methoxy groups -OCH3 is 2. The van der Waals surface area contributed by atoms with E-state index < -0.39 is 18.4 Å². The van der Waals surface area contributed by atoms with Crippen LogP contribution in [0.15, 0.2) is 23.1 Å². The average Bonchev–Trinajstić information content (AvgIpc) is 2.74. The second-order valence-electron chi connectivity index (χ2n) is 4.31. The summed E-state index contributed by atoms with van der Waals surface area (Å²) in [5.74, 6) is -0.349. The van der Waals surface area contributed by atoms with Crippen LogP contribution in [-0.4, -0.2) is 47.0 Å². The molecule has 6 nitrogen and oxygen atoms in total. The molecule has 1 aromatic rings. The molecular formula is C14H13NO5S2. The number of hydrogen-bond donors (Lipinski definition) is 1. The van der Waals surface area contributed by atoms with E-state index in [4.69, 9.17) is 26.8 Å². The summed E-state index contributed by atoms with van der Waals surface area (Å²) in [6.07, 6.45) is 1.63. The number of carboxylic acid groups (broad SMARTS) is 1. The largest absolute Gasteiger partial charge is 0.497 e. The van der Waals surface area contributed by atoms with Gasteiger partial charge in [-0.2, -0.15) is 0 Å². The predicted molar refractivity (Wildman–Crippen MR) is 87.1 cm³/mol. The number of aliphatic carboxylic acids is 1. The molecule has 0 aromatic heterocycles. The van der Waals surface area contributed by atoms with Crippen molar-refractivity contribution in [3.8, 4) is 11.5 Å². The van der Waals surface area contributed by atoms with Crippen molar-refractivity contribution in [3.63, 3.8) is 0 Å². The quantitative estimate of drug-likeness (QED) is 0.649. The van der Waals surface area contributed by atoms with Crippen molar-refractivity contribution in [2.24, 2.45) is 0 Å². The highest BCUT2D eigenvalue weighted by molar-refractivity contribution is 8.26. The number of nitrogens with zero attached hydrogens (tertiary/aromatic N) is 1. The molecule has 1 aromatic carbocycles. The van der Waals surface area contributed by atoms with Gasteiger partial charge in [-0.25, -0.2) is 0 Å². The first-order chi connectivity index (χ1) is 10.4. The Kier molecular flexibility index (Phi) is 5.04. The third-order valence-corrected chi connectivity index (χ3v) is 4.22. The number of hydrogen-bond acceptors (Lipinski definition) is 6. The molecule has 0 unspecified atom stereocenters. The average molecular weight is 339 g/mol. The first-order valence-corrected chi connectivity index (χ1v) is 7.37. The van der Waals surface area contributed by atoms with Crippen molar-refractivity contribution in [1.82, 2.24) is 4.90 Å². The highest BCUT2D eigenvalue weighted by atomic mass is 32.2. The molecule has 116 valence electrons. The highest BCUT2D eigenvalue weighted by Gasteiger charge is 2.33. The molecule has 0 atom stereocenters. The molecule has 1 amide bonds. The molecule has 1 aliphatic heterocycles. The SMILES string of the molecule is COc1cc(C=C2SC(=S)N(CC(=O)O)C2=O)cc(OC)c1. The lowest BCUT2D eigenvalue weighted by atomic mass is 10.2. The number of thiocarbonyl (C=S) groups is 1. The normalized spacial score (nSPS) is 16.3. The summed E-state index contributed by atoms with van der Waals surface area (Å²) < 4.78 is 10.6. The number of thioether (sulfide) groups is 1. The Morgan fingerprint density at radius 1 is 1.32 bits per heavy atom. The van der Waals surface area contributed by atoms with Crippen molar-refractivity contribution in [3.05, 3.63) is 28.7 Å². The van der Waals surface area contributed by atoms with E-state index in [0.717, 1.165) is 16.7 Å². The van der Waals surface area contributed by atoms with Gasteiger partial charge in [-0.3, -0.25) is 14.5 Å². The van der Waals surface area contributed by atoms with Crippen LogP contribution in [0, 0.1) is 0 Å². The zero-order valence-electron chi connectivity index (χ0n) is 11.9. The Morgan fingerprint density at radius 2 is 1.91 bits per heavy atom. The fourth-order valence-corrected chi connectivity index (χ4v) is 3.09. The molecule has 1 heterocycles. The van der Waals surface area contributed by atoms with Crippen LogP contribution >= 0.6 is 24.0 Å². The second kappa shape index (κ2) is 6.80. The summed E-state index contributed by atoms with van der Waals surface area (Å²) in [6.45, 7) is -0.441. The topological polar surface area (TPSA) is 76.1 Å². The van der Waals surface area contributed by atoms with E-state index in [2.05, 4.69) is 0 Å². The number of ether oxygens (including phenoxy) is 2. The van der Waals surface area contributed by atoms with Crippen molar-refractivity contribution in [2.45, 2.75) is 0 Å². The van der Waals surface area contributed by atoms with Crippen LogP contribution in [-0.2, 0) is 9.59 Å². The van der Waals surface area contributed by atoms with E-state index >= 15 is 0 Å². The number of carbonyl (C=O) groups excluding carboxylic acids is 1. The maximum Gasteiger partial charge on any atom is 0.323 e. The van der Waals surface area contributed by atoms with Gasteiger partial charge in [0.2, 0.25) is 0 Å². The van der Waals surface area contributed by atoms with E-state index in [9.17, 15) is 9.59 Å². The molecule has 1 fully saturated rings. The molecule has 1 N–H and O–H groups in total. The van der Waals surface area contributed by atoms with E-state index in [0.29, 0.717) is 22.0 Å². The monoisotopic (exact) mass is 339 g/mol. The van der Waals surface area contributed by atoms with Crippen molar-refractivity contribution in [2.75, 3.05) is 20.8 Å². The third kappa shape index (κ3) is 3.58. The number of benzene rings is 1. The summed E-state index contributed by atoms with van der Waals surface area (Å²) in [5.41, 5.74) is 0.701. The van der Waals surface area contributed by atoms with Gasteiger partial charge in [0, 0.05) is 6.07 Å². The summed E-state index contributed by atoms with van der Waals surface area (Å²) in [6, 6.07) is 5.20. The molecule has 8 heteroatoms. The third-order valence-electron chi connectivity index (χ3n) is 2.84. The zero-order chi connectivity index (χ0) is 16.3. The van der Waals surface area contributed by atoms with Gasteiger partial charge in [-0.1, -0.05) is 24.0 Å². The van der Waals surface area contributed by atoms with Crippen LogP contribution in [0.3, 0.4) is 0 Å². The number of carbonyl (C=O) groups is 2. The van der Waals surface area contributed by atoms with Crippen LogP contribution in [0.4, 0.5) is 0 Å². The Bertz CT molecular complexity index is 649. The molecular weight excluding hydrogens is 326 g/mol. The zero-order valence-corrected chi connectivity index (χ0v) is 13.5. The lowest BCUT2D eigenvalue weighted by Crippen LogP contribution is -2.33. The second-order valence-corrected chi connectivity index (χ2v) is 5.98. The minimum absolute atomic E-state index is 0.230. The van der Waals surface area contributed by atoms with Crippen molar-refractivity contribution >= 4 is 46.3 Å². The smallest absolute Gasteiger partial charge is 0.323 e. The maximum absolute atomic E-state index is 12.2. The summed E-state index contributed by atoms with van der Waals surface area (Å²) >= 11 is 6.11. The number of amides is 1. The number of rotatable bonds is 5. The summed E-state index contributed by atoms with van der Waals surface area (Å²) in [7, 11) is 3.07. The molecule has 0 radical (unpaired) electrons. The van der Waals surface area contributed by atoms with Gasteiger partial charge in [0.15, 0.2) is 0 Å². The molecule has 0 spiro atoms. The number of carboxylic acids is 1. The van der Waals surface area contributed by atoms with Gasteiger partial charge in [-0.15, -0.1) is 0 Å². The van der Waals surface area contributed by atoms with Crippen LogP contribution in [0.5, 0.6) is 11.5 Å². The maximum atomic E-state index is 12.2. The fourth-order valence-electron chi connectivity index (χ4n) is 1.84. The molecule has 1 saturated heterocycles. The molecule has 0 aliphatic carbocycles. The van der Waals surface area contributed by atoms with Crippen LogP contribution in [0.2, 0.25) is 0 Å². The predicted octanol–water partition coefficient (Wildman–Crippen LogP) is 1.99. The Labute approximate surface area is 136 Å². The van der Waals surface area contributed by atoms with Crippen LogP contribution in [0.1, 0.15) is 5.56 Å². The van der Waals surface area contributed by atoms with Crippen LogP contribution < -0.4 is 9.47 Å². The molecule has 22 heavy (non-hydrogen) atoms. The standard InChI is InChI=1S/C14H13NO5S2/c1-19-9-3-8(4-10(6-9)20-2)5-11-13(18)15(7-12(16)17)14(21)22-11/h3-6H,7H2,1-2H3,(H,16,17). The lowest BCUT2D eigenvalue weighted by Gasteiger charge is -2.10. The highest BCUT2D eigenvalue weighted by Crippen LogP contribution is 2.33. The summed E-state index contributed by atoms with van der Waals surface area (Å²) in [5, 5.41) is 8.81. The van der Waals surface area contributed by atoms with E-state index in [1.807, 2.05) is 0 Å². The van der Waals surface area contributed by atoms with E-state index in [1.54, 1.807) is 24.3 Å².